The van der Waals surface area contributed by atoms with Crippen molar-refractivity contribution in [3.8, 4) is 0 Å². The summed E-state index contributed by atoms with van der Waals surface area (Å²) in [6, 6.07) is 0. The molecule has 0 fully saturated rings. The number of rotatable bonds is 5. The van der Waals surface area contributed by atoms with Crippen molar-refractivity contribution in [3.05, 3.63) is 0 Å². The number of hydrogen-bond acceptors (Lipinski definition) is 10. The standard InChI is InChI=1S/C9H14O6.3Na.H3O4P/c1-6(10)13-4-9(15-8(3)12)5-14-7(2)11;;;;1-5(2,3)4/h9H,4-5H2,1-3H3;;;;(H3,1,2,3,4)/q;3*+1;/p-3. The number of carbonyl (C=O) groups is 3. The molecule has 0 aliphatic carbocycles. The van der Waals surface area contributed by atoms with Gasteiger partial charge in [-0.3, -0.25) is 14.4 Å². The van der Waals surface area contributed by atoms with E-state index in [9.17, 15) is 14.4 Å². The van der Waals surface area contributed by atoms with E-state index < -0.39 is 31.8 Å². The number of esters is 3. The molecule has 14 heteroatoms. The van der Waals surface area contributed by atoms with E-state index in [4.69, 9.17) is 24.0 Å². The van der Waals surface area contributed by atoms with Crippen molar-refractivity contribution in [2.24, 2.45) is 0 Å². The zero-order valence-electron chi connectivity index (χ0n) is 14.0. The maximum Gasteiger partial charge on any atom is 1.00 e. The molecule has 23 heavy (non-hydrogen) atoms. The first-order valence-corrected chi connectivity index (χ1v) is 6.55. The fourth-order valence-corrected chi connectivity index (χ4v) is 0.771. The molecule has 0 rings (SSSR count). The predicted octanol–water partition coefficient (Wildman–Crippen LogP) is -11.8. The summed E-state index contributed by atoms with van der Waals surface area (Å²) in [6.07, 6.45) is -0.754. The molecule has 0 aromatic rings. The van der Waals surface area contributed by atoms with Crippen molar-refractivity contribution in [3.63, 3.8) is 0 Å². The molecule has 0 unspecified atom stereocenters. The molecular formula is C9H14Na3O10P. The van der Waals surface area contributed by atoms with Gasteiger partial charge in [0.2, 0.25) is 0 Å². The third-order valence-corrected chi connectivity index (χ3v) is 1.28. The van der Waals surface area contributed by atoms with Crippen LogP contribution in [-0.4, -0.2) is 37.2 Å². The molecule has 0 amide bonds. The van der Waals surface area contributed by atoms with Crippen LogP contribution in [0, 0.1) is 0 Å². The second-order valence-electron chi connectivity index (χ2n) is 3.28. The monoisotopic (exact) mass is 382 g/mol. The van der Waals surface area contributed by atoms with Gasteiger partial charge in [0.05, 0.1) is 0 Å². The number of ether oxygens (including phenoxy) is 3. The summed E-state index contributed by atoms with van der Waals surface area (Å²) < 4.78 is 22.6. The molecule has 0 aromatic heterocycles. The van der Waals surface area contributed by atoms with Gasteiger partial charge in [0.1, 0.15) is 13.2 Å². The molecule has 0 radical (unpaired) electrons. The minimum Gasteiger partial charge on any atom is -0.822 e. The van der Waals surface area contributed by atoms with E-state index in [1.165, 1.54) is 20.8 Å². The molecule has 0 heterocycles. The Hall–Kier alpha value is 1.52. The number of phosphoric acid groups is 1. The Balaban J connectivity index is -0.000000118. The molecule has 0 aromatic carbocycles. The van der Waals surface area contributed by atoms with E-state index in [2.05, 4.69) is 9.47 Å². The van der Waals surface area contributed by atoms with Crippen LogP contribution in [-0.2, 0) is 33.2 Å². The van der Waals surface area contributed by atoms with Crippen LogP contribution in [0.25, 0.3) is 0 Å². The summed E-state index contributed by atoms with van der Waals surface area (Å²) in [6.45, 7) is 3.44. The van der Waals surface area contributed by atoms with Crippen molar-refractivity contribution in [2.45, 2.75) is 26.9 Å². The van der Waals surface area contributed by atoms with Gasteiger partial charge >= 0.3 is 107 Å². The van der Waals surface area contributed by atoms with Gasteiger partial charge in [-0.2, -0.15) is 7.82 Å². The van der Waals surface area contributed by atoms with Crippen molar-refractivity contribution < 1.29 is 137 Å². The normalized spacial score (nSPS) is 8.83. The first-order chi connectivity index (χ1) is 8.91. The third-order valence-electron chi connectivity index (χ3n) is 1.28. The van der Waals surface area contributed by atoms with Gasteiger partial charge in [-0.25, -0.2) is 0 Å². The van der Waals surface area contributed by atoms with Crippen molar-refractivity contribution in [2.75, 3.05) is 13.2 Å². The van der Waals surface area contributed by atoms with Gasteiger partial charge in [0.15, 0.2) is 6.10 Å². The van der Waals surface area contributed by atoms with Crippen LogP contribution in [0.2, 0.25) is 0 Å². The van der Waals surface area contributed by atoms with E-state index in [0.717, 1.165) is 0 Å². The van der Waals surface area contributed by atoms with Crippen LogP contribution in [0.3, 0.4) is 0 Å². The molecular weight excluding hydrogens is 368 g/mol. The van der Waals surface area contributed by atoms with Gasteiger partial charge in [0, 0.05) is 20.8 Å². The molecule has 118 valence electrons. The van der Waals surface area contributed by atoms with Crippen molar-refractivity contribution >= 4 is 25.7 Å². The van der Waals surface area contributed by atoms with Crippen LogP contribution < -0.4 is 103 Å². The summed E-state index contributed by atoms with van der Waals surface area (Å²) in [5.41, 5.74) is 0. The third kappa shape index (κ3) is 45.2. The molecule has 10 nitrogen and oxygen atoms in total. The van der Waals surface area contributed by atoms with E-state index in [1.54, 1.807) is 0 Å². The Labute approximate surface area is 200 Å². The van der Waals surface area contributed by atoms with Gasteiger partial charge in [-0.1, -0.05) is 0 Å². The minimum atomic E-state index is -5.39. The van der Waals surface area contributed by atoms with E-state index in [1.807, 2.05) is 0 Å². The molecule has 0 atom stereocenters. The topological polar surface area (TPSA) is 165 Å². The molecule has 0 saturated carbocycles. The Morgan fingerprint density at radius 1 is 0.826 bits per heavy atom. The smallest absolute Gasteiger partial charge is 0.822 e. The Kier molecular flexibility index (Phi) is 30.7. The number of carbonyl (C=O) groups excluding carboxylic acids is 3. The Morgan fingerprint density at radius 3 is 1.26 bits per heavy atom. The van der Waals surface area contributed by atoms with Crippen LogP contribution in [0.5, 0.6) is 0 Å². The summed E-state index contributed by atoms with van der Waals surface area (Å²) in [4.78, 5) is 57.3. The maximum atomic E-state index is 10.6. The first-order valence-electron chi connectivity index (χ1n) is 5.08. The summed E-state index contributed by atoms with van der Waals surface area (Å²) in [5, 5.41) is 0. The second-order valence-corrected chi connectivity index (χ2v) is 4.18. The first kappa shape index (κ1) is 35.6. The largest absolute Gasteiger partial charge is 1.00 e. The average Bonchev–Trinajstić information content (AvgIpc) is 2.18. The SMILES string of the molecule is CC(=O)OCC(COC(C)=O)OC(C)=O.O=P([O-])([O-])[O-].[Na+].[Na+].[Na+]. The van der Waals surface area contributed by atoms with Gasteiger partial charge in [-0.05, 0) is 0 Å². The van der Waals surface area contributed by atoms with Gasteiger partial charge in [-0.15, -0.1) is 0 Å². The van der Waals surface area contributed by atoms with Gasteiger partial charge < -0.3 is 33.5 Å². The van der Waals surface area contributed by atoms with E-state index in [-0.39, 0.29) is 102 Å². The predicted molar refractivity (Wildman–Crippen MR) is 56.4 cm³/mol. The fourth-order valence-electron chi connectivity index (χ4n) is 0.771. The second kappa shape index (κ2) is 19.8. The van der Waals surface area contributed by atoms with Crippen LogP contribution >= 0.6 is 7.82 Å². The van der Waals surface area contributed by atoms with E-state index in [0.29, 0.717) is 0 Å². The van der Waals surface area contributed by atoms with Crippen LogP contribution in [0.4, 0.5) is 0 Å². The minimum absolute atomic E-state index is 0. The summed E-state index contributed by atoms with van der Waals surface area (Å²) >= 11 is 0. The van der Waals surface area contributed by atoms with Crippen molar-refractivity contribution in [1.29, 1.82) is 0 Å². The average molecular weight is 382 g/mol. The number of hydrogen-bond donors (Lipinski definition) is 0. The van der Waals surface area contributed by atoms with Crippen LogP contribution in [0.1, 0.15) is 20.8 Å². The molecule has 0 bridgehead atoms. The molecule has 0 saturated heterocycles. The quantitative estimate of drug-likeness (QED) is 0.193. The Morgan fingerprint density at radius 2 is 1.09 bits per heavy atom. The molecule has 0 aliphatic rings. The zero-order valence-corrected chi connectivity index (χ0v) is 20.9. The maximum absolute atomic E-state index is 10.6. The molecule has 0 N–H and O–H groups in total. The van der Waals surface area contributed by atoms with Gasteiger partial charge in [0.25, 0.3) is 0 Å². The van der Waals surface area contributed by atoms with Crippen LogP contribution in [0.15, 0.2) is 0 Å². The molecule has 0 spiro atoms. The Bertz CT molecular complexity index is 360. The zero-order chi connectivity index (χ0) is 16.3. The fraction of sp³-hybridized carbons (Fsp3) is 0.667. The van der Waals surface area contributed by atoms with Crippen molar-refractivity contribution in [1.82, 2.24) is 0 Å². The summed E-state index contributed by atoms with van der Waals surface area (Å²) in [7, 11) is -5.39. The molecule has 0 aliphatic heterocycles. The van der Waals surface area contributed by atoms with E-state index >= 15 is 0 Å². The summed E-state index contributed by atoms with van der Waals surface area (Å²) in [5.74, 6) is -1.51.